The highest BCUT2D eigenvalue weighted by Crippen LogP contribution is 2.14. The van der Waals surface area contributed by atoms with Gasteiger partial charge in [0.25, 0.3) is 0 Å². The number of ketones is 1. The van der Waals surface area contributed by atoms with Gasteiger partial charge in [-0.25, -0.2) is 0 Å². The summed E-state index contributed by atoms with van der Waals surface area (Å²) in [6, 6.07) is 10.6. The van der Waals surface area contributed by atoms with Gasteiger partial charge in [0.15, 0.2) is 5.78 Å². The zero-order chi connectivity index (χ0) is 13.5. The van der Waals surface area contributed by atoms with E-state index in [0.717, 1.165) is 38.8 Å². The Morgan fingerprint density at radius 3 is 2.84 bits per heavy atom. The number of likely N-dealkylation sites (N-methyl/N-ethyl adjacent to an activating group) is 1. The summed E-state index contributed by atoms with van der Waals surface area (Å²) in [5.74, 6) is 0.347. The summed E-state index contributed by atoms with van der Waals surface area (Å²) in [4.78, 5) is 14.2. The van der Waals surface area contributed by atoms with Crippen molar-refractivity contribution in [3.63, 3.8) is 0 Å². The lowest BCUT2D eigenvalue weighted by Crippen LogP contribution is -2.39. The normalized spacial score (nSPS) is 19.7. The SMILES string of the molecule is CN1CCC[C@H]1C(=O)CNCCCc1ccccc1. The Bertz CT molecular complexity index is 391. The van der Waals surface area contributed by atoms with Gasteiger partial charge in [0.1, 0.15) is 0 Å². The Morgan fingerprint density at radius 2 is 2.16 bits per heavy atom. The summed E-state index contributed by atoms with van der Waals surface area (Å²) in [7, 11) is 2.05. The summed E-state index contributed by atoms with van der Waals surface area (Å²) in [5, 5.41) is 3.28. The van der Waals surface area contributed by atoms with Gasteiger partial charge in [0.2, 0.25) is 0 Å². The van der Waals surface area contributed by atoms with E-state index in [-0.39, 0.29) is 6.04 Å². The van der Waals surface area contributed by atoms with Crippen molar-refractivity contribution in [1.29, 1.82) is 0 Å². The van der Waals surface area contributed by atoms with Gasteiger partial charge in [0, 0.05) is 0 Å². The standard InChI is InChI=1S/C16H24N2O/c1-18-12-6-10-15(18)16(19)13-17-11-5-9-14-7-3-2-4-8-14/h2-4,7-8,15,17H,5-6,9-13H2,1H3/t15-/m0/s1. The van der Waals surface area contributed by atoms with Gasteiger partial charge < -0.3 is 5.32 Å². The number of carbonyl (C=O) groups excluding carboxylic acids is 1. The molecule has 1 aliphatic rings. The molecule has 0 amide bonds. The van der Waals surface area contributed by atoms with Crippen molar-refractivity contribution >= 4 is 5.78 Å². The van der Waals surface area contributed by atoms with Crippen molar-refractivity contribution < 1.29 is 4.79 Å². The number of likely N-dealkylation sites (tertiary alicyclic amines) is 1. The third-order valence-electron chi connectivity index (χ3n) is 3.85. The molecular weight excluding hydrogens is 236 g/mol. The molecule has 1 heterocycles. The lowest BCUT2D eigenvalue weighted by molar-refractivity contribution is -0.122. The predicted molar refractivity (Wildman–Crippen MR) is 78.3 cm³/mol. The fourth-order valence-electron chi connectivity index (χ4n) is 2.71. The average molecular weight is 260 g/mol. The maximum atomic E-state index is 12.0. The number of nitrogens with zero attached hydrogens (tertiary/aromatic N) is 1. The molecule has 0 unspecified atom stereocenters. The summed E-state index contributed by atoms with van der Waals surface area (Å²) in [6.07, 6.45) is 4.34. The van der Waals surface area contributed by atoms with Crippen LogP contribution in [-0.4, -0.2) is 43.4 Å². The smallest absolute Gasteiger partial charge is 0.163 e. The molecule has 1 saturated heterocycles. The molecule has 0 aliphatic carbocycles. The van der Waals surface area contributed by atoms with Crippen molar-refractivity contribution in [2.75, 3.05) is 26.7 Å². The van der Waals surface area contributed by atoms with Crippen LogP contribution in [0.15, 0.2) is 30.3 Å². The van der Waals surface area contributed by atoms with Crippen LogP contribution < -0.4 is 5.32 Å². The van der Waals surface area contributed by atoms with Crippen LogP contribution in [0.5, 0.6) is 0 Å². The number of carbonyl (C=O) groups is 1. The van der Waals surface area contributed by atoms with E-state index in [9.17, 15) is 4.79 Å². The minimum absolute atomic E-state index is 0.154. The highest BCUT2D eigenvalue weighted by molar-refractivity contribution is 5.86. The lowest BCUT2D eigenvalue weighted by Gasteiger charge is -2.18. The van der Waals surface area contributed by atoms with Crippen LogP contribution in [0.25, 0.3) is 0 Å². The maximum absolute atomic E-state index is 12.0. The number of aryl methyl sites for hydroxylation is 1. The largest absolute Gasteiger partial charge is 0.310 e. The van der Waals surface area contributed by atoms with Gasteiger partial charge in [-0.1, -0.05) is 30.3 Å². The summed E-state index contributed by atoms with van der Waals surface area (Å²) < 4.78 is 0. The quantitative estimate of drug-likeness (QED) is 0.760. The second kappa shape index (κ2) is 7.41. The molecule has 0 bridgehead atoms. The minimum Gasteiger partial charge on any atom is -0.310 e. The van der Waals surface area contributed by atoms with E-state index >= 15 is 0 Å². The molecule has 2 rings (SSSR count). The Balaban J connectivity index is 1.58. The van der Waals surface area contributed by atoms with Crippen molar-refractivity contribution in [1.82, 2.24) is 10.2 Å². The van der Waals surface area contributed by atoms with Crippen LogP contribution >= 0.6 is 0 Å². The summed E-state index contributed by atoms with van der Waals surface area (Å²) in [5.41, 5.74) is 1.37. The number of hydrogen-bond acceptors (Lipinski definition) is 3. The molecule has 0 radical (unpaired) electrons. The molecule has 1 aliphatic heterocycles. The number of rotatable bonds is 7. The van der Waals surface area contributed by atoms with Gasteiger partial charge in [0.05, 0.1) is 12.6 Å². The Kier molecular flexibility index (Phi) is 5.55. The highest BCUT2D eigenvalue weighted by atomic mass is 16.1. The van der Waals surface area contributed by atoms with Crippen LogP contribution in [0.3, 0.4) is 0 Å². The number of nitrogens with one attached hydrogen (secondary N) is 1. The number of Topliss-reactive ketones (excluding diaryl/α,β-unsaturated/α-hetero) is 1. The third kappa shape index (κ3) is 4.44. The molecule has 1 fully saturated rings. The van der Waals surface area contributed by atoms with E-state index in [4.69, 9.17) is 0 Å². The van der Waals surface area contributed by atoms with E-state index in [2.05, 4.69) is 34.5 Å². The lowest BCUT2D eigenvalue weighted by atomic mass is 10.1. The monoisotopic (exact) mass is 260 g/mol. The molecule has 3 nitrogen and oxygen atoms in total. The van der Waals surface area contributed by atoms with Crippen LogP contribution in [0.4, 0.5) is 0 Å². The van der Waals surface area contributed by atoms with Crippen LogP contribution in [0, 0.1) is 0 Å². The van der Waals surface area contributed by atoms with Crippen LogP contribution in [0.2, 0.25) is 0 Å². The second-order valence-electron chi connectivity index (χ2n) is 5.37. The molecule has 104 valence electrons. The molecule has 0 aromatic heterocycles. The van der Waals surface area contributed by atoms with Gasteiger partial charge in [-0.2, -0.15) is 0 Å². The molecular formula is C16H24N2O. The summed E-state index contributed by atoms with van der Waals surface area (Å²) >= 11 is 0. The van der Waals surface area contributed by atoms with Gasteiger partial charge in [-0.3, -0.25) is 9.69 Å². The summed E-state index contributed by atoms with van der Waals surface area (Å²) in [6.45, 7) is 2.49. The van der Waals surface area contributed by atoms with Crippen molar-refractivity contribution in [2.24, 2.45) is 0 Å². The van der Waals surface area contributed by atoms with E-state index in [1.54, 1.807) is 0 Å². The first kappa shape index (κ1) is 14.2. The molecule has 0 spiro atoms. The molecule has 0 saturated carbocycles. The number of hydrogen-bond donors (Lipinski definition) is 1. The second-order valence-corrected chi connectivity index (χ2v) is 5.37. The zero-order valence-corrected chi connectivity index (χ0v) is 11.8. The van der Waals surface area contributed by atoms with E-state index in [1.165, 1.54) is 5.56 Å². The molecule has 1 aromatic carbocycles. The molecule has 1 atom stereocenters. The van der Waals surface area contributed by atoms with Gasteiger partial charge in [-0.15, -0.1) is 0 Å². The highest BCUT2D eigenvalue weighted by Gasteiger charge is 2.26. The minimum atomic E-state index is 0.154. The van der Waals surface area contributed by atoms with E-state index in [0.29, 0.717) is 12.3 Å². The van der Waals surface area contributed by atoms with Gasteiger partial charge in [-0.05, 0) is 51.4 Å². The fourth-order valence-corrected chi connectivity index (χ4v) is 2.71. The van der Waals surface area contributed by atoms with E-state index in [1.807, 2.05) is 13.1 Å². The first-order chi connectivity index (χ1) is 9.27. The van der Waals surface area contributed by atoms with Crippen molar-refractivity contribution in [3.8, 4) is 0 Å². The first-order valence-corrected chi connectivity index (χ1v) is 7.25. The Labute approximate surface area is 116 Å². The Hall–Kier alpha value is -1.19. The predicted octanol–water partition coefficient (Wildman–Crippen LogP) is 1.87. The topological polar surface area (TPSA) is 32.3 Å². The fraction of sp³-hybridized carbons (Fsp3) is 0.562. The first-order valence-electron chi connectivity index (χ1n) is 7.25. The van der Waals surface area contributed by atoms with E-state index < -0.39 is 0 Å². The van der Waals surface area contributed by atoms with Crippen LogP contribution in [0.1, 0.15) is 24.8 Å². The van der Waals surface area contributed by atoms with Crippen molar-refractivity contribution in [2.45, 2.75) is 31.7 Å². The molecule has 19 heavy (non-hydrogen) atoms. The van der Waals surface area contributed by atoms with Gasteiger partial charge >= 0.3 is 0 Å². The zero-order valence-electron chi connectivity index (χ0n) is 11.8. The molecule has 1 N–H and O–H groups in total. The number of benzene rings is 1. The maximum Gasteiger partial charge on any atom is 0.163 e. The Morgan fingerprint density at radius 1 is 1.37 bits per heavy atom. The third-order valence-corrected chi connectivity index (χ3v) is 3.85. The average Bonchev–Trinajstić information content (AvgIpc) is 2.86. The molecule has 3 heteroatoms. The van der Waals surface area contributed by atoms with Crippen LogP contribution in [-0.2, 0) is 11.2 Å². The van der Waals surface area contributed by atoms with Crippen molar-refractivity contribution in [3.05, 3.63) is 35.9 Å². The molecule has 1 aromatic rings.